The topological polar surface area (TPSA) is 29.1 Å². The number of anilines is 1. The Balaban J connectivity index is 2.27. The standard InChI is InChI=1S/C14H20FNO/c1-2-3-4-8-11-13(15)14(17)16-12-9-6-5-7-10-12/h5-7,9-10,13H,2-4,8,11H2,1H3,(H,16,17). The van der Waals surface area contributed by atoms with Crippen molar-refractivity contribution in [1.82, 2.24) is 0 Å². The molecule has 0 fully saturated rings. The van der Waals surface area contributed by atoms with Crippen LogP contribution in [0.4, 0.5) is 10.1 Å². The smallest absolute Gasteiger partial charge is 0.258 e. The van der Waals surface area contributed by atoms with E-state index in [0.717, 1.165) is 25.7 Å². The Morgan fingerprint density at radius 2 is 1.94 bits per heavy atom. The lowest BCUT2D eigenvalue weighted by Gasteiger charge is -2.09. The van der Waals surface area contributed by atoms with Crippen LogP contribution in [0.2, 0.25) is 0 Å². The fourth-order valence-electron chi connectivity index (χ4n) is 1.62. The van der Waals surface area contributed by atoms with Gasteiger partial charge in [-0.1, -0.05) is 50.8 Å². The SMILES string of the molecule is CCCCCCC(F)C(=O)Nc1ccccc1. The Kier molecular flexibility index (Phi) is 6.30. The summed E-state index contributed by atoms with van der Waals surface area (Å²) in [6, 6.07) is 8.98. The van der Waals surface area contributed by atoms with Crippen molar-refractivity contribution in [2.75, 3.05) is 5.32 Å². The van der Waals surface area contributed by atoms with E-state index in [2.05, 4.69) is 12.2 Å². The van der Waals surface area contributed by atoms with E-state index in [1.54, 1.807) is 12.1 Å². The molecule has 0 heterocycles. The lowest BCUT2D eigenvalue weighted by Crippen LogP contribution is -2.23. The zero-order chi connectivity index (χ0) is 12.5. The van der Waals surface area contributed by atoms with Gasteiger partial charge in [0, 0.05) is 5.69 Å². The molecule has 0 aliphatic heterocycles. The third kappa shape index (κ3) is 5.48. The number of carbonyl (C=O) groups excluding carboxylic acids is 1. The second-order valence-electron chi connectivity index (χ2n) is 4.17. The molecule has 0 aromatic heterocycles. The molecule has 1 atom stereocenters. The number of nitrogens with one attached hydrogen (secondary N) is 1. The number of carbonyl (C=O) groups is 1. The summed E-state index contributed by atoms with van der Waals surface area (Å²) in [5.74, 6) is -0.535. The first-order chi connectivity index (χ1) is 8.24. The molecule has 0 aliphatic rings. The minimum absolute atomic E-state index is 0.318. The second kappa shape index (κ2) is 7.82. The van der Waals surface area contributed by atoms with Crippen LogP contribution in [-0.4, -0.2) is 12.1 Å². The zero-order valence-electron chi connectivity index (χ0n) is 10.3. The normalized spacial score (nSPS) is 12.1. The van der Waals surface area contributed by atoms with Crippen molar-refractivity contribution >= 4 is 11.6 Å². The Labute approximate surface area is 102 Å². The molecule has 0 bridgehead atoms. The summed E-state index contributed by atoms with van der Waals surface area (Å²) in [5.41, 5.74) is 0.647. The van der Waals surface area contributed by atoms with Crippen molar-refractivity contribution in [3.8, 4) is 0 Å². The number of hydrogen-bond acceptors (Lipinski definition) is 1. The lowest BCUT2D eigenvalue weighted by atomic mass is 10.1. The average molecular weight is 237 g/mol. The van der Waals surface area contributed by atoms with Gasteiger partial charge in [-0.3, -0.25) is 4.79 Å². The summed E-state index contributed by atoms with van der Waals surface area (Å²) in [6.07, 6.45) is 2.91. The van der Waals surface area contributed by atoms with Gasteiger partial charge in [0.2, 0.25) is 0 Å². The summed E-state index contributed by atoms with van der Waals surface area (Å²) in [5, 5.41) is 2.57. The summed E-state index contributed by atoms with van der Waals surface area (Å²) in [6.45, 7) is 2.11. The number of alkyl halides is 1. The van der Waals surface area contributed by atoms with Crippen molar-refractivity contribution < 1.29 is 9.18 Å². The van der Waals surface area contributed by atoms with E-state index >= 15 is 0 Å². The first-order valence-corrected chi connectivity index (χ1v) is 6.24. The van der Waals surface area contributed by atoms with E-state index in [-0.39, 0.29) is 0 Å². The molecule has 3 heteroatoms. The predicted molar refractivity (Wildman–Crippen MR) is 68.7 cm³/mol. The highest BCUT2D eigenvalue weighted by atomic mass is 19.1. The number of halogens is 1. The summed E-state index contributed by atoms with van der Waals surface area (Å²) >= 11 is 0. The van der Waals surface area contributed by atoms with Gasteiger partial charge < -0.3 is 5.32 Å². The molecule has 0 saturated carbocycles. The quantitative estimate of drug-likeness (QED) is 0.715. The second-order valence-corrected chi connectivity index (χ2v) is 4.17. The molecule has 1 unspecified atom stereocenters. The van der Waals surface area contributed by atoms with Gasteiger partial charge in [-0.15, -0.1) is 0 Å². The van der Waals surface area contributed by atoms with E-state index in [0.29, 0.717) is 12.1 Å². The molecule has 1 rings (SSSR count). The maximum absolute atomic E-state index is 13.5. The van der Waals surface area contributed by atoms with Gasteiger partial charge in [-0.2, -0.15) is 0 Å². The van der Waals surface area contributed by atoms with E-state index < -0.39 is 12.1 Å². The Bertz CT molecular complexity index is 326. The van der Waals surface area contributed by atoms with Crippen molar-refractivity contribution in [2.24, 2.45) is 0 Å². The minimum Gasteiger partial charge on any atom is -0.324 e. The average Bonchev–Trinajstić information content (AvgIpc) is 2.35. The van der Waals surface area contributed by atoms with Crippen LogP contribution in [0.25, 0.3) is 0 Å². The summed E-state index contributed by atoms with van der Waals surface area (Å²) in [4.78, 5) is 11.5. The van der Waals surface area contributed by atoms with Gasteiger partial charge in [0.05, 0.1) is 0 Å². The molecule has 1 aromatic carbocycles. The van der Waals surface area contributed by atoms with Gasteiger partial charge in [0.25, 0.3) is 5.91 Å². The highest BCUT2D eigenvalue weighted by Gasteiger charge is 2.16. The van der Waals surface area contributed by atoms with Gasteiger partial charge in [-0.25, -0.2) is 4.39 Å². The molecule has 2 nitrogen and oxygen atoms in total. The van der Waals surface area contributed by atoms with Crippen molar-refractivity contribution in [1.29, 1.82) is 0 Å². The Morgan fingerprint density at radius 1 is 1.24 bits per heavy atom. The zero-order valence-corrected chi connectivity index (χ0v) is 10.3. The molecule has 0 spiro atoms. The Hall–Kier alpha value is -1.38. The highest BCUT2D eigenvalue weighted by Crippen LogP contribution is 2.11. The molecule has 1 aromatic rings. The van der Waals surface area contributed by atoms with Gasteiger partial charge in [0.15, 0.2) is 6.17 Å². The van der Waals surface area contributed by atoms with Crippen molar-refractivity contribution in [2.45, 2.75) is 45.2 Å². The predicted octanol–water partition coefficient (Wildman–Crippen LogP) is 3.93. The number of rotatable bonds is 7. The largest absolute Gasteiger partial charge is 0.324 e. The fraction of sp³-hybridized carbons (Fsp3) is 0.500. The maximum Gasteiger partial charge on any atom is 0.258 e. The van der Waals surface area contributed by atoms with Crippen LogP contribution < -0.4 is 5.32 Å². The number of hydrogen-bond donors (Lipinski definition) is 1. The number of benzene rings is 1. The van der Waals surface area contributed by atoms with Crippen molar-refractivity contribution in [3.63, 3.8) is 0 Å². The van der Waals surface area contributed by atoms with Crippen molar-refractivity contribution in [3.05, 3.63) is 30.3 Å². The summed E-state index contributed by atoms with van der Waals surface area (Å²) < 4.78 is 13.5. The molecule has 0 saturated heterocycles. The number of para-hydroxylation sites is 1. The molecule has 0 radical (unpaired) electrons. The number of unbranched alkanes of at least 4 members (excludes halogenated alkanes) is 3. The van der Waals surface area contributed by atoms with Crippen LogP contribution in [0, 0.1) is 0 Å². The van der Waals surface area contributed by atoms with Crippen LogP contribution in [0.5, 0.6) is 0 Å². The van der Waals surface area contributed by atoms with Gasteiger partial charge >= 0.3 is 0 Å². The first-order valence-electron chi connectivity index (χ1n) is 6.24. The van der Waals surface area contributed by atoms with E-state index in [1.807, 2.05) is 18.2 Å². The highest BCUT2D eigenvalue weighted by molar-refractivity contribution is 5.93. The van der Waals surface area contributed by atoms with Crippen LogP contribution >= 0.6 is 0 Å². The third-order valence-corrected chi connectivity index (χ3v) is 2.64. The number of amides is 1. The fourth-order valence-corrected chi connectivity index (χ4v) is 1.62. The Morgan fingerprint density at radius 3 is 2.59 bits per heavy atom. The first kappa shape index (κ1) is 13.7. The van der Waals surface area contributed by atoms with Crippen LogP contribution in [-0.2, 0) is 4.79 Å². The molecule has 1 N–H and O–H groups in total. The van der Waals surface area contributed by atoms with E-state index in [4.69, 9.17) is 0 Å². The molecular formula is C14H20FNO. The van der Waals surface area contributed by atoms with Crippen LogP contribution in [0.1, 0.15) is 39.0 Å². The molecule has 94 valence electrons. The molecular weight excluding hydrogens is 217 g/mol. The van der Waals surface area contributed by atoms with Crippen LogP contribution in [0.15, 0.2) is 30.3 Å². The van der Waals surface area contributed by atoms with Crippen LogP contribution in [0.3, 0.4) is 0 Å². The molecule has 0 aliphatic carbocycles. The minimum atomic E-state index is -1.40. The molecule has 17 heavy (non-hydrogen) atoms. The van der Waals surface area contributed by atoms with Gasteiger partial charge in [0.1, 0.15) is 0 Å². The molecule has 1 amide bonds. The third-order valence-electron chi connectivity index (χ3n) is 2.64. The van der Waals surface area contributed by atoms with E-state index in [1.165, 1.54) is 0 Å². The van der Waals surface area contributed by atoms with Gasteiger partial charge in [-0.05, 0) is 18.6 Å². The monoisotopic (exact) mass is 237 g/mol. The lowest BCUT2D eigenvalue weighted by molar-refractivity contribution is -0.121. The summed E-state index contributed by atoms with van der Waals surface area (Å²) in [7, 11) is 0. The maximum atomic E-state index is 13.5. The van der Waals surface area contributed by atoms with E-state index in [9.17, 15) is 9.18 Å².